The van der Waals surface area contributed by atoms with E-state index in [9.17, 15) is 14.4 Å². The number of hydrogen-bond donors (Lipinski definition) is 0. The Morgan fingerprint density at radius 2 is 1.84 bits per heavy atom. The molecule has 6 heteroatoms. The molecule has 98 valence electrons. The van der Waals surface area contributed by atoms with Crippen LogP contribution in [0.15, 0.2) is 24.3 Å². The van der Waals surface area contributed by atoms with Crippen LogP contribution in [0.25, 0.3) is 0 Å². The third kappa shape index (κ3) is 1.90. The zero-order valence-electron chi connectivity index (χ0n) is 10.00. The Bertz CT molecular complexity index is 527. The highest BCUT2D eigenvalue weighted by Gasteiger charge is 2.40. The molecule has 0 aliphatic carbocycles. The number of ether oxygens (including phenoxy) is 1. The fourth-order valence-corrected chi connectivity index (χ4v) is 2.13. The molecule has 0 saturated carbocycles. The smallest absolute Gasteiger partial charge is 0.338 e. The monoisotopic (exact) mass is 261 g/mol. The summed E-state index contributed by atoms with van der Waals surface area (Å²) >= 11 is 0. The van der Waals surface area contributed by atoms with Crippen molar-refractivity contribution in [3.8, 4) is 0 Å². The molecular weight excluding hydrogens is 250 g/mol. The quantitative estimate of drug-likeness (QED) is 0.735. The summed E-state index contributed by atoms with van der Waals surface area (Å²) in [6, 6.07) is 6.37. The SMILES string of the molecule is O=C(ON1C(=O)c2ccccc2C1=O)C1CCOC1. The van der Waals surface area contributed by atoms with Gasteiger partial charge in [0.25, 0.3) is 11.8 Å². The van der Waals surface area contributed by atoms with Gasteiger partial charge in [0.15, 0.2) is 0 Å². The maximum Gasteiger partial charge on any atom is 0.338 e. The molecule has 1 aromatic rings. The second-order valence-electron chi connectivity index (χ2n) is 4.42. The lowest BCUT2D eigenvalue weighted by Gasteiger charge is -2.14. The average Bonchev–Trinajstić information content (AvgIpc) is 3.03. The van der Waals surface area contributed by atoms with E-state index in [-0.39, 0.29) is 17.7 Å². The molecule has 3 rings (SSSR count). The van der Waals surface area contributed by atoms with Gasteiger partial charge in [-0.05, 0) is 18.6 Å². The predicted octanol–water partition coefficient (Wildman–Crippen LogP) is 0.777. The predicted molar refractivity (Wildman–Crippen MR) is 62.0 cm³/mol. The number of fused-ring (bicyclic) bond motifs is 1. The standard InChI is InChI=1S/C13H11NO5/c15-11-9-3-1-2-4-10(9)12(16)14(11)19-13(17)8-5-6-18-7-8/h1-4,8H,5-7H2. The van der Waals surface area contributed by atoms with Crippen molar-refractivity contribution >= 4 is 17.8 Å². The van der Waals surface area contributed by atoms with Crippen molar-refractivity contribution in [2.24, 2.45) is 5.92 Å². The molecule has 2 amide bonds. The minimum atomic E-state index is -0.605. The molecule has 2 aliphatic heterocycles. The zero-order valence-corrected chi connectivity index (χ0v) is 10.00. The van der Waals surface area contributed by atoms with Gasteiger partial charge in [0.2, 0.25) is 0 Å². The first kappa shape index (κ1) is 11.9. The lowest BCUT2D eigenvalue weighted by atomic mass is 10.1. The van der Waals surface area contributed by atoms with Crippen LogP contribution in [-0.2, 0) is 14.4 Å². The molecule has 6 nitrogen and oxygen atoms in total. The van der Waals surface area contributed by atoms with E-state index in [2.05, 4.69) is 0 Å². The van der Waals surface area contributed by atoms with Crippen LogP contribution in [0.2, 0.25) is 0 Å². The van der Waals surface area contributed by atoms with Gasteiger partial charge < -0.3 is 9.57 Å². The summed E-state index contributed by atoms with van der Waals surface area (Å²) in [5, 5.41) is 0.533. The molecule has 1 saturated heterocycles. The summed E-state index contributed by atoms with van der Waals surface area (Å²) in [5.74, 6) is -2.22. The van der Waals surface area contributed by atoms with E-state index in [0.717, 1.165) is 0 Å². The van der Waals surface area contributed by atoms with Gasteiger partial charge in [-0.2, -0.15) is 0 Å². The Labute approximate surface area is 108 Å². The van der Waals surface area contributed by atoms with Gasteiger partial charge in [0, 0.05) is 6.61 Å². The second-order valence-corrected chi connectivity index (χ2v) is 4.42. The topological polar surface area (TPSA) is 72.9 Å². The van der Waals surface area contributed by atoms with Crippen LogP contribution >= 0.6 is 0 Å². The van der Waals surface area contributed by atoms with Gasteiger partial charge in [-0.1, -0.05) is 17.2 Å². The fourth-order valence-electron chi connectivity index (χ4n) is 2.13. The number of nitrogens with zero attached hydrogens (tertiary/aromatic N) is 1. The summed E-state index contributed by atoms with van der Waals surface area (Å²) in [7, 11) is 0. The molecule has 19 heavy (non-hydrogen) atoms. The van der Waals surface area contributed by atoms with Crippen LogP contribution in [-0.4, -0.2) is 36.1 Å². The molecule has 0 aromatic heterocycles. The number of imide groups is 1. The van der Waals surface area contributed by atoms with Gasteiger partial charge in [-0.15, -0.1) is 0 Å². The number of rotatable bonds is 2. The number of hydroxylamine groups is 2. The Hall–Kier alpha value is -2.21. The van der Waals surface area contributed by atoms with Crippen LogP contribution in [0.5, 0.6) is 0 Å². The molecule has 1 fully saturated rings. The van der Waals surface area contributed by atoms with Crippen molar-refractivity contribution in [1.29, 1.82) is 0 Å². The number of carbonyl (C=O) groups is 3. The minimum absolute atomic E-state index is 0.253. The fraction of sp³-hybridized carbons (Fsp3) is 0.308. The first-order chi connectivity index (χ1) is 9.18. The van der Waals surface area contributed by atoms with Crippen molar-refractivity contribution in [2.45, 2.75) is 6.42 Å². The van der Waals surface area contributed by atoms with Crippen LogP contribution < -0.4 is 0 Å². The summed E-state index contributed by atoms with van der Waals surface area (Å²) in [4.78, 5) is 40.6. The zero-order chi connectivity index (χ0) is 13.4. The molecule has 1 aromatic carbocycles. The third-order valence-electron chi connectivity index (χ3n) is 3.20. The van der Waals surface area contributed by atoms with E-state index in [4.69, 9.17) is 9.57 Å². The van der Waals surface area contributed by atoms with Crippen LogP contribution in [0, 0.1) is 5.92 Å². The Kier molecular flexibility index (Phi) is 2.79. The highest BCUT2D eigenvalue weighted by molar-refractivity contribution is 6.20. The largest absolute Gasteiger partial charge is 0.381 e. The van der Waals surface area contributed by atoms with Crippen LogP contribution in [0.4, 0.5) is 0 Å². The van der Waals surface area contributed by atoms with Gasteiger partial charge in [0.05, 0.1) is 23.7 Å². The highest BCUT2D eigenvalue weighted by Crippen LogP contribution is 2.24. The number of benzene rings is 1. The molecule has 2 aliphatic rings. The van der Waals surface area contributed by atoms with Crippen LogP contribution in [0.3, 0.4) is 0 Å². The summed E-state index contributed by atoms with van der Waals surface area (Å²) in [6.07, 6.45) is 0.544. The first-order valence-corrected chi connectivity index (χ1v) is 5.96. The molecule has 2 heterocycles. The van der Waals surface area contributed by atoms with Crippen molar-refractivity contribution in [3.63, 3.8) is 0 Å². The number of amides is 2. The Morgan fingerprint density at radius 3 is 2.37 bits per heavy atom. The van der Waals surface area contributed by atoms with Crippen molar-refractivity contribution in [2.75, 3.05) is 13.2 Å². The van der Waals surface area contributed by atoms with Gasteiger partial charge in [-0.3, -0.25) is 9.59 Å². The van der Waals surface area contributed by atoms with E-state index < -0.39 is 23.7 Å². The average molecular weight is 261 g/mol. The minimum Gasteiger partial charge on any atom is -0.381 e. The normalized spacial score (nSPS) is 21.7. The van der Waals surface area contributed by atoms with Gasteiger partial charge in [0.1, 0.15) is 0 Å². The molecular formula is C13H11NO5. The lowest BCUT2D eigenvalue weighted by Crippen LogP contribution is -2.35. The van der Waals surface area contributed by atoms with Crippen molar-refractivity contribution in [3.05, 3.63) is 35.4 Å². The lowest BCUT2D eigenvalue weighted by molar-refractivity contribution is -0.173. The molecule has 1 atom stereocenters. The van der Waals surface area contributed by atoms with Gasteiger partial charge in [-0.25, -0.2) is 4.79 Å². The van der Waals surface area contributed by atoms with E-state index in [1.807, 2.05) is 0 Å². The van der Waals surface area contributed by atoms with Crippen molar-refractivity contribution < 1.29 is 24.0 Å². The molecule has 0 N–H and O–H groups in total. The summed E-state index contributed by atoms with van der Waals surface area (Å²) in [6.45, 7) is 0.754. The Morgan fingerprint density at radius 1 is 1.21 bits per heavy atom. The van der Waals surface area contributed by atoms with Crippen LogP contribution in [0.1, 0.15) is 27.1 Å². The molecule has 1 unspecified atom stereocenters. The first-order valence-electron chi connectivity index (χ1n) is 5.96. The molecule has 0 spiro atoms. The number of carbonyl (C=O) groups excluding carboxylic acids is 3. The molecule has 0 radical (unpaired) electrons. The van der Waals surface area contributed by atoms with E-state index in [1.165, 1.54) is 12.1 Å². The summed E-state index contributed by atoms with van der Waals surface area (Å²) in [5.41, 5.74) is 0.506. The third-order valence-corrected chi connectivity index (χ3v) is 3.20. The van der Waals surface area contributed by atoms with E-state index >= 15 is 0 Å². The maximum atomic E-state index is 12.0. The second kappa shape index (κ2) is 4.47. The number of hydrogen-bond acceptors (Lipinski definition) is 5. The van der Waals surface area contributed by atoms with Crippen molar-refractivity contribution in [1.82, 2.24) is 5.06 Å². The van der Waals surface area contributed by atoms with Gasteiger partial charge >= 0.3 is 5.97 Å². The highest BCUT2D eigenvalue weighted by atomic mass is 16.7. The summed E-state index contributed by atoms with van der Waals surface area (Å²) < 4.78 is 5.07. The maximum absolute atomic E-state index is 12.0. The van der Waals surface area contributed by atoms with E-state index in [1.54, 1.807) is 12.1 Å². The Balaban J connectivity index is 1.78. The van der Waals surface area contributed by atoms with E-state index in [0.29, 0.717) is 18.1 Å². The molecule has 0 bridgehead atoms.